The zero-order valence-corrected chi connectivity index (χ0v) is 15.6. The summed E-state index contributed by atoms with van der Waals surface area (Å²) < 4.78 is 40.8. The van der Waals surface area contributed by atoms with E-state index in [4.69, 9.17) is 0 Å². The maximum atomic E-state index is 13.1. The number of aryl methyl sites for hydroxylation is 1. The van der Waals surface area contributed by atoms with Gasteiger partial charge < -0.3 is 9.67 Å². The lowest BCUT2D eigenvalue weighted by Crippen LogP contribution is -2.25. The fourth-order valence-corrected chi connectivity index (χ4v) is 3.71. The van der Waals surface area contributed by atoms with Gasteiger partial charge in [-0.2, -0.15) is 18.2 Å². The number of halogens is 3. The van der Waals surface area contributed by atoms with E-state index in [-0.39, 0.29) is 10.3 Å². The molecule has 0 aliphatic heterocycles. The van der Waals surface area contributed by atoms with Gasteiger partial charge in [-0.15, -0.1) is 0 Å². The van der Waals surface area contributed by atoms with Gasteiger partial charge in [0.15, 0.2) is 4.80 Å². The van der Waals surface area contributed by atoms with E-state index in [1.165, 1.54) is 13.0 Å². The molecule has 1 N–H and O–H groups in total. The lowest BCUT2D eigenvalue weighted by atomic mass is 10.1. The summed E-state index contributed by atoms with van der Waals surface area (Å²) in [5.74, 6) is -1.85. The Morgan fingerprint density at radius 1 is 1.14 bits per heavy atom. The van der Waals surface area contributed by atoms with E-state index in [2.05, 4.69) is 4.99 Å². The van der Waals surface area contributed by atoms with Crippen molar-refractivity contribution in [3.8, 4) is 0 Å². The van der Waals surface area contributed by atoms with E-state index < -0.39 is 29.7 Å². The maximum absolute atomic E-state index is 13.1. The van der Waals surface area contributed by atoms with Crippen LogP contribution in [0.5, 0.6) is 0 Å². The highest BCUT2D eigenvalue weighted by molar-refractivity contribution is 7.16. The van der Waals surface area contributed by atoms with Gasteiger partial charge in [-0.1, -0.05) is 29.0 Å². The van der Waals surface area contributed by atoms with Gasteiger partial charge >= 0.3 is 12.1 Å². The van der Waals surface area contributed by atoms with Crippen LogP contribution in [0.15, 0.2) is 47.5 Å². The Morgan fingerprint density at radius 2 is 1.79 bits per heavy atom. The van der Waals surface area contributed by atoms with Gasteiger partial charge in [0.05, 0.1) is 15.8 Å². The van der Waals surface area contributed by atoms with Crippen LogP contribution >= 0.6 is 11.3 Å². The number of amides is 1. The summed E-state index contributed by atoms with van der Waals surface area (Å²) >= 11 is 0.960. The molecule has 5 nitrogen and oxygen atoms in total. The van der Waals surface area contributed by atoms with Crippen LogP contribution in [0.3, 0.4) is 0 Å². The van der Waals surface area contributed by atoms with Crippen molar-refractivity contribution >= 4 is 33.4 Å². The summed E-state index contributed by atoms with van der Waals surface area (Å²) in [7, 11) is 0. The first-order valence-electron chi connectivity index (χ1n) is 8.19. The highest BCUT2D eigenvalue weighted by Gasteiger charge is 2.31. The normalized spacial score (nSPS) is 13.7. The topological polar surface area (TPSA) is 71.7 Å². The highest BCUT2D eigenvalue weighted by atomic mass is 32.1. The lowest BCUT2D eigenvalue weighted by Gasteiger charge is -2.12. The van der Waals surface area contributed by atoms with E-state index in [1.807, 2.05) is 6.92 Å². The minimum Gasteiger partial charge on any atom is -0.480 e. The number of hydrogen-bond donors (Lipinski definition) is 1. The van der Waals surface area contributed by atoms with Crippen molar-refractivity contribution in [2.75, 3.05) is 0 Å². The summed E-state index contributed by atoms with van der Waals surface area (Å²) in [6.45, 7) is 3.18. The molecule has 2 aromatic carbocycles. The van der Waals surface area contributed by atoms with Crippen molar-refractivity contribution in [1.82, 2.24) is 4.57 Å². The summed E-state index contributed by atoms with van der Waals surface area (Å²) in [6, 6.07) is 8.47. The van der Waals surface area contributed by atoms with Gasteiger partial charge in [-0.25, -0.2) is 4.79 Å². The molecule has 0 radical (unpaired) electrons. The van der Waals surface area contributed by atoms with Crippen LogP contribution in [-0.4, -0.2) is 21.6 Å². The molecule has 1 heterocycles. The largest absolute Gasteiger partial charge is 0.480 e. The van der Waals surface area contributed by atoms with Gasteiger partial charge in [0.25, 0.3) is 5.91 Å². The molecule has 0 fully saturated rings. The third-order valence-corrected chi connectivity index (χ3v) is 5.23. The monoisotopic (exact) mass is 408 g/mol. The molecule has 0 saturated heterocycles. The molecular weight excluding hydrogens is 393 g/mol. The Kier molecular flexibility index (Phi) is 5.12. The number of thiazole rings is 1. The molecule has 1 atom stereocenters. The summed E-state index contributed by atoms with van der Waals surface area (Å²) in [5.41, 5.74) is 0.409. The number of aliphatic carboxylic acids is 1. The number of nitrogens with zero attached hydrogens (tertiary/aromatic N) is 2. The third kappa shape index (κ3) is 3.84. The third-order valence-electron chi connectivity index (χ3n) is 4.19. The number of aromatic nitrogens is 1. The number of rotatable bonds is 3. The summed E-state index contributed by atoms with van der Waals surface area (Å²) in [4.78, 5) is 28.0. The average molecular weight is 408 g/mol. The smallest absolute Gasteiger partial charge is 0.416 e. The number of carbonyl (C=O) groups excluding carboxylic acids is 1. The van der Waals surface area contributed by atoms with Crippen molar-refractivity contribution < 1.29 is 27.9 Å². The highest BCUT2D eigenvalue weighted by Crippen LogP contribution is 2.32. The van der Waals surface area contributed by atoms with Crippen LogP contribution in [0.4, 0.5) is 13.2 Å². The fraction of sp³-hybridized carbons (Fsp3) is 0.211. The SMILES string of the molecule is Cc1ccc(C(=O)/N=c2\sc3ccc(C(F)(F)F)cc3n2C(C)C(=O)O)cc1. The van der Waals surface area contributed by atoms with Crippen molar-refractivity contribution in [1.29, 1.82) is 0 Å². The van der Waals surface area contributed by atoms with Crippen molar-refractivity contribution in [2.24, 2.45) is 4.99 Å². The molecule has 3 rings (SSSR count). The predicted octanol–water partition coefficient (Wildman–Crippen LogP) is 4.42. The van der Waals surface area contributed by atoms with Crippen molar-refractivity contribution in [3.05, 3.63) is 64.0 Å². The Balaban J connectivity index is 2.23. The molecule has 1 unspecified atom stereocenters. The van der Waals surface area contributed by atoms with Crippen molar-refractivity contribution in [2.45, 2.75) is 26.1 Å². The standard InChI is InChI=1S/C19H15F3N2O3S/c1-10-3-5-12(6-4-10)16(25)23-18-24(11(2)17(26)27)14-9-13(19(20,21)22)7-8-15(14)28-18/h3-9,11H,1-2H3,(H,26,27)/b23-18-. The summed E-state index contributed by atoms with van der Waals surface area (Å²) in [6.07, 6.45) is -4.57. The molecule has 28 heavy (non-hydrogen) atoms. The average Bonchev–Trinajstić information content (AvgIpc) is 2.97. The van der Waals surface area contributed by atoms with Gasteiger partial charge in [0.2, 0.25) is 0 Å². The van der Waals surface area contributed by atoms with Crippen LogP contribution in [0.2, 0.25) is 0 Å². The second-order valence-electron chi connectivity index (χ2n) is 6.23. The number of carboxylic acid groups (broad SMARTS) is 1. The predicted molar refractivity (Wildman–Crippen MR) is 98.2 cm³/mol. The molecule has 0 spiro atoms. The molecule has 0 bridgehead atoms. The molecule has 1 aromatic heterocycles. The van der Waals surface area contributed by atoms with Crippen LogP contribution in [0.25, 0.3) is 10.2 Å². The first kappa shape index (κ1) is 19.8. The zero-order chi connectivity index (χ0) is 20.6. The molecule has 1 amide bonds. The summed E-state index contributed by atoms with van der Waals surface area (Å²) in [5, 5.41) is 9.38. The van der Waals surface area contributed by atoms with Gasteiger partial charge in [0.1, 0.15) is 6.04 Å². The van der Waals surface area contributed by atoms with E-state index in [0.717, 1.165) is 33.6 Å². The van der Waals surface area contributed by atoms with Gasteiger partial charge in [0, 0.05) is 5.56 Å². The Morgan fingerprint density at radius 3 is 2.36 bits per heavy atom. The first-order chi connectivity index (χ1) is 13.1. The fourth-order valence-electron chi connectivity index (χ4n) is 2.63. The minimum absolute atomic E-state index is 0.0230. The second kappa shape index (κ2) is 7.23. The van der Waals surface area contributed by atoms with Crippen LogP contribution in [0, 0.1) is 6.92 Å². The first-order valence-corrected chi connectivity index (χ1v) is 9.00. The van der Waals surface area contributed by atoms with Gasteiger partial charge in [-0.3, -0.25) is 4.79 Å². The quantitative estimate of drug-likeness (QED) is 0.698. The molecule has 146 valence electrons. The van der Waals surface area contributed by atoms with Crippen LogP contribution in [0.1, 0.15) is 34.5 Å². The second-order valence-corrected chi connectivity index (χ2v) is 7.24. The van der Waals surface area contributed by atoms with Crippen molar-refractivity contribution in [3.63, 3.8) is 0 Å². The Hall–Kier alpha value is -2.94. The molecule has 0 saturated carbocycles. The van der Waals surface area contributed by atoms with E-state index >= 15 is 0 Å². The number of hydrogen-bond acceptors (Lipinski definition) is 3. The lowest BCUT2D eigenvalue weighted by molar-refractivity contribution is -0.140. The number of benzene rings is 2. The Bertz CT molecular complexity index is 1130. The van der Waals surface area contributed by atoms with E-state index in [9.17, 15) is 27.9 Å². The number of carboxylic acids is 1. The molecule has 9 heteroatoms. The molecule has 3 aromatic rings. The van der Waals surface area contributed by atoms with E-state index in [0.29, 0.717) is 10.3 Å². The number of carbonyl (C=O) groups is 2. The Labute approximate surface area is 161 Å². The number of fused-ring (bicyclic) bond motifs is 1. The van der Waals surface area contributed by atoms with Gasteiger partial charge in [-0.05, 0) is 44.2 Å². The molecular formula is C19H15F3N2O3S. The molecule has 0 aliphatic rings. The number of alkyl halides is 3. The van der Waals surface area contributed by atoms with Crippen LogP contribution < -0.4 is 4.80 Å². The molecule has 0 aliphatic carbocycles. The van der Waals surface area contributed by atoms with E-state index in [1.54, 1.807) is 24.3 Å². The maximum Gasteiger partial charge on any atom is 0.416 e. The van der Waals surface area contributed by atoms with Crippen LogP contribution in [-0.2, 0) is 11.0 Å². The zero-order valence-electron chi connectivity index (χ0n) is 14.8. The minimum atomic E-state index is -4.57.